The second kappa shape index (κ2) is 7.06. The Hall–Kier alpha value is -0.380. The number of hydrogen-bond acceptors (Lipinski definition) is 3. The molecule has 1 saturated heterocycles. The molecule has 0 spiro atoms. The van der Waals surface area contributed by atoms with Crippen LogP contribution in [0.2, 0.25) is 0 Å². The van der Waals surface area contributed by atoms with Crippen molar-refractivity contribution in [2.24, 2.45) is 0 Å². The molecule has 1 N–H and O–H groups in total. The van der Waals surface area contributed by atoms with Crippen molar-refractivity contribution in [1.82, 2.24) is 10.2 Å². The maximum absolute atomic E-state index is 3.79. The number of fused-ring (bicyclic) bond motifs is 1. The van der Waals surface area contributed by atoms with Gasteiger partial charge in [0, 0.05) is 24.0 Å². The fraction of sp³-hybridized carbons (Fsp3) is 0.765. The van der Waals surface area contributed by atoms with E-state index in [1.54, 1.807) is 10.4 Å². The van der Waals surface area contributed by atoms with Crippen LogP contribution in [0.3, 0.4) is 0 Å². The molecule has 3 heteroatoms. The Morgan fingerprint density at radius 2 is 2.15 bits per heavy atom. The van der Waals surface area contributed by atoms with E-state index in [1.807, 2.05) is 11.3 Å². The molecule has 1 aliphatic heterocycles. The van der Waals surface area contributed by atoms with Gasteiger partial charge in [-0.1, -0.05) is 6.42 Å². The summed E-state index contributed by atoms with van der Waals surface area (Å²) in [5.74, 6) is 0.758. The highest BCUT2D eigenvalue weighted by molar-refractivity contribution is 7.10. The number of hydrogen-bond donors (Lipinski definition) is 1. The Balaban J connectivity index is 1.45. The van der Waals surface area contributed by atoms with E-state index >= 15 is 0 Å². The molecule has 20 heavy (non-hydrogen) atoms. The molecular weight excluding hydrogens is 264 g/mol. The van der Waals surface area contributed by atoms with Gasteiger partial charge < -0.3 is 10.2 Å². The monoisotopic (exact) mass is 292 g/mol. The van der Waals surface area contributed by atoms with Crippen molar-refractivity contribution < 1.29 is 0 Å². The molecule has 3 rings (SSSR count). The van der Waals surface area contributed by atoms with Gasteiger partial charge in [0.05, 0.1) is 0 Å². The summed E-state index contributed by atoms with van der Waals surface area (Å²) in [5, 5.41) is 6.07. The van der Waals surface area contributed by atoms with Crippen LogP contribution in [0.15, 0.2) is 11.4 Å². The maximum atomic E-state index is 3.79. The van der Waals surface area contributed by atoms with Gasteiger partial charge in [-0.25, -0.2) is 0 Å². The summed E-state index contributed by atoms with van der Waals surface area (Å²) in [6, 6.07) is 2.98. The topological polar surface area (TPSA) is 15.3 Å². The zero-order valence-electron chi connectivity index (χ0n) is 12.7. The first-order chi connectivity index (χ1) is 9.83. The zero-order chi connectivity index (χ0) is 13.8. The highest BCUT2D eigenvalue weighted by atomic mass is 32.1. The molecule has 2 aliphatic rings. The Labute approximate surface area is 127 Å². The maximum Gasteiger partial charge on any atom is 0.0166 e. The number of likely N-dealkylation sites (tertiary alicyclic amines) is 1. The number of nitrogens with zero attached hydrogens (tertiary/aromatic N) is 1. The van der Waals surface area contributed by atoms with Crippen LogP contribution in [0, 0.1) is 0 Å². The Morgan fingerprint density at radius 3 is 3.00 bits per heavy atom. The van der Waals surface area contributed by atoms with Crippen LogP contribution in [0.4, 0.5) is 0 Å². The number of aryl methyl sites for hydroxylation is 1. The molecule has 2 unspecified atom stereocenters. The molecule has 1 aromatic heterocycles. The van der Waals surface area contributed by atoms with Crippen molar-refractivity contribution in [2.45, 2.75) is 57.4 Å². The summed E-state index contributed by atoms with van der Waals surface area (Å²) in [6.07, 6.45) is 8.28. The lowest BCUT2D eigenvalue weighted by atomic mass is 9.87. The average Bonchev–Trinajstić information content (AvgIpc) is 2.95. The van der Waals surface area contributed by atoms with Crippen LogP contribution in [-0.2, 0) is 6.42 Å². The lowest BCUT2D eigenvalue weighted by Crippen LogP contribution is -2.42. The lowest BCUT2D eigenvalue weighted by Gasteiger charge is -2.30. The van der Waals surface area contributed by atoms with E-state index in [-0.39, 0.29) is 0 Å². The minimum Gasteiger partial charge on any atom is -0.312 e. The molecule has 1 aliphatic carbocycles. The molecule has 1 aromatic rings. The third-order valence-electron chi connectivity index (χ3n) is 4.87. The normalized spacial score (nSPS) is 25.4. The number of thiophene rings is 1. The van der Waals surface area contributed by atoms with Crippen LogP contribution in [0.25, 0.3) is 0 Å². The molecule has 112 valence electrons. The van der Waals surface area contributed by atoms with Crippen LogP contribution < -0.4 is 5.32 Å². The van der Waals surface area contributed by atoms with Gasteiger partial charge in [0.1, 0.15) is 0 Å². The summed E-state index contributed by atoms with van der Waals surface area (Å²) in [6.45, 7) is 7.36. The molecule has 0 aromatic carbocycles. The van der Waals surface area contributed by atoms with E-state index in [9.17, 15) is 0 Å². The van der Waals surface area contributed by atoms with E-state index in [0.29, 0.717) is 6.04 Å². The smallest absolute Gasteiger partial charge is 0.0166 e. The van der Waals surface area contributed by atoms with E-state index in [4.69, 9.17) is 0 Å². The first-order valence-corrected chi connectivity index (χ1v) is 9.23. The minimum atomic E-state index is 0.622. The highest BCUT2D eigenvalue weighted by Crippen LogP contribution is 2.34. The summed E-state index contributed by atoms with van der Waals surface area (Å²) >= 11 is 1.96. The van der Waals surface area contributed by atoms with Crippen molar-refractivity contribution in [2.75, 3.05) is 26.2 Å². The van der Waals surface area contributed by atoms with Crippen LogP contribution in [0.5, 0.6) is 0 Å². The van der Waals surface area contributed by atoms with Gasteiger partial charge in [-0.05, 0) is 75.0 Å². The highest BCUT2D eigenvalue weighted by Gasteiger charge is 2.21. The molecule has 0 saturated carbocycles. The largest absolute Gasteiger partial charge is 0.312 e. The summed E-state index contributed by atoms with van der Waals surface area (Å²) in [7, 11) is 0. The van der Waals surface area contributed by atoms with Gasteiger partial charge >= 0.3 is 0 Å². The number of rotatable bonds is 5. The number of piperidine rings is 1. The Morgan fingerprint density at radius 1 is 1.30 bits per heavy atom. The molecule has 0 bridgehead atoms. The first-order valence-electron chi connectivity index (χ1n) is 8.35. The number of nitrogens with one attached hydrogen (secondary N) is 1. The Bertz CT molecular complexity index is 409. The molecule has 2 nitrogen and oxygen atoms in total. The Kier molecular flexibility index (Phi) is 5.14. The van der Waals surface area contributed by atoms with Crippen LogP contribution in [0.1, 0.15) is 55.4 Å². The SMILES string of the molecule is CC(CN1CCCCC1)NCC1CCCc2sccc21. The third-order valence-corrected chi connectivity index (χ3v) is 5.87. The molecule has 0 radical (unpaired) electrons. The van der Waals surface area contributed by atoms with E-state index < -0.39 is 0 Å². The predicted molar refractivity (Wildman–Crippen MR) is 87.8 cm³/mol. The van der Waals surface area contributed by atoms with Gasteiger partial charge in [-0.15, -0.1) is 11.3 Å². The summed E-state index contributed by atoms with van der Waals surface area (Å²) in [5.41, 5.74) is 1.64. The summed E-state index contributed by atoms with van der Waals surface area (Å²) < 4.78 is 0. The van der Waals surface area contributed by atoms with Crippen LogP contribution in [-0.4, -0.2) is 37.1 Å². The minimum absolute atomic E-state index is 0.622. The fourth-order valence-electron chi connectivity index (χ4n) is 3.73. The summed E-state index contributed by atoms with van der Waals surface area (Å²) in [4.78, 5) is 4.28. The molecule has 0 amide bonds. The third kappa shape index (κ3) is 3.63. The fourth-order valence-corrected chi connectivity index (χ4v) is 4.74. The van der Waals surface area contributed by atoms with Crippen molar-refractivity contribution >= 4 is 11.3 Å². The van der Waals surface area contributed by atoms with E-state index in [2.05, 4.69) is 28.6 Å². The van der Waals surface area contributed by atoms with Gasteiger partial charge in [-0.3, -0.25) is 0 Å². The molecule has 2 heterocycles. The molecule has 2 atom stereocenters. The first kappa shape index (κ1) is 14.6. The van der Waals surface area contributed by atoms with Gasteiger partial charge in [-0.2, -0.15) is 0 Å². The quantitative estimate of drug-likeness (QED) is 0.891. The van der Waals surface area contributed by atoms with Crippen molar-refractivity contribution in [1.29, 1.82) is 0 Å². The van der Waals surface area contributed by atoms with Crippen LogP contribution >= 0.6 is 11.3 Å². The van der Waals surface area contributed by atoms with Gasteiger partial charge in [0.2, 0.25) is 0 Å². The van der Waals surface area contributed by atoms with Crippen molar-refractivity contribution in [3.8, 4) is 0 Å². The van der Waals surface area contributed by atoms with Crippen molar-refractivity contribution in [3.63, 3.8) is 0 Å². The second-order valence-corrected chi connectivity index (χ2v) is 7.56. The zero-order valence-corrected chi connectivity index (χ0v) is 13.6. The van der Waals surface area contributed by atoms with E-state index in [1.165, 1.54) is 64.7 Å². The second-order valence-electron chi connectivity index (χ2n) is 6.56. The average molecular weight is 292 g/mol. The van der Waals surface area contributed by atoms with Crippen molar-refractivity contribution in [3.05, 3.63) is 21.9 Å². The van der Waals surface area contributed by atoms with Gasteiger partial charge in [0.25, 0.3) is 0 Å². The standard InChI is InChI=1S/C17H28N2S/c1-14(13-19-9-3-2-4-10-19)18-12-15-6-5-7-17-16(15)8-11-20-17/h8,11,14-15,18H,2-7,9-10,12-13H2,1H3. The lowest BCUT2D eigenvalue weighted by molar-refractivity contribution is 0.208. The molecule has 1 fully saturated rings. The molecular formula is C17H28N2S. The van der Waals surface area contributed by atoms with E-state index in [0.717, 1.165) is 5.92 Å². The predicted octanol–water partition coefficient (Wildman–Crippen LogP) is 3.63. The van der Waals surface area contributed by atoms with Gasteiger partial charge in [0.15, 0.2) is 0 Å².